The minimum absolute atomic E-state index is 1.07. The zero-order chi connectivity index (χ0) is 11.1. The van der Waals surface area contributed by atoms with Crippen molar-refractivity contribution in [3.8, 4) is 0 Å². The van der Waals surface area contributed by atoms with E-state index in [1.807, 2.05) is 0 Å². The number of aryl methyl sites for hydroxylation is 2. The molecule has 1 aromatic heterocycles. The molecule has 0 aliphatic heterocycles. The molecule has 0 saturated heterocycles. The molecule has 0 N–H and O–H groups in total. The highest BCUT2D eigenvalue weighted by atomic mass is 14.7. The summed E-state index contributed by atoms with van der Waals surface area (Å²) in [6.07, 6.45) is 0. The van der Waals surface area contributed by atoms with E-state index in [2.05, 4.69) is 61.3 Å². The van der Waals surface area contributed by atoms with Gasteiger partial charge in [0.2, 0.25) is 0 Å². The molecule has 0 aliphatic carbocycles. The highest BCUT2D eigenvalue weighted by Gasteiger charge is 2.00. The van der Waals surface area contributed by atoms with E-state index in [1.165, 1.54) is 21.9 Å². The van der Waals surface area contributed by atoms with Crippen LogP contribution in [0.3, 0.4) is 0 Å². The fourth-order valence-electron chi connectivity index (χ4n) is 2.06. The van der Waals surface area contributed by atoms with Crippen LogP contribution in [0.25, 0.3) is 21.8 Å². The molecule has 16 heavy (non-hydrogen) atoms. The monoisotopic (exact) mass is 207 g/mol. The van der Waals surface area contributed by atoms with E-state index in [1.54, 1.807) is 0 Å². The van der Waals surface area contributed by atoms with Crippen molar-refractivity contribution in [2.24, 2.45) is 0 Å². The Kier molecular flexibility index (Phi) is 1.93. The molecular weight excluding hydrogens is 194 g/mol. The van der Waals surface area contributed by atoms with E-state index in [0.29, 0.717) is 0 Å². The van der Waals surface area contributed by atoms with Gasteiger partial charge in [0.15, 0.2) is 0 Å². The second kappa shape index (κ2) is 3.31. The molecule has 0 bridgehead atoms. The molecule has 2 aromatic carbocycles. The third kappa shape index (κ3) is 1.45. The second-order valence-corrected chi connectivity index (χ2v) is 4.38. The van der Waals surface area contributed by atoms with Gasteiger partial charge in [-0.05, 0) is 43.7 Å². The molecule has 3 rings (SSSR count). The number of benzene rings is 2. The average molecular weight is 207 g/mol. The minimum Gasteiger partial charge on any atom is -0.248 e. The fourth-order valence-corrected chi connectivity index (χ4v) is 2.06. The summed E-state index contributed by atoms with van der Waals surface area (Å²) in [6.45, 7) is 4.21. The van der Waals surface area contributed by atoms with Crippen LogP contribution in [0.5, 0.6) is 0 Å². The Morgan fingerprint density at radius 3 is 2.31 bits per heavy atom. The van der Waals surface area contributed by atoms with E-state index < -0.39 is 0 Å². The number of rotatable bonds is 0. The molecule has 0 fully saturated rings. The summed E-state index contributed by atoms with van der Waals surface area (Å²) < 4.78 is 0. The van der Waals surface area contributed by atoms with Crippen molar-refractivity contribution in [2.75, 3.05) is 0 Å². The third-order valence-corrected chi connectivity index (χ3v) is 2.92. The molecule has 1 heteroatoms. The van der Waals surface area contributed by atoms with Gasteiger partial charge in [0, 0.05) is 10.8 Å². The van der Waals surface area contributed by atoms with Gasteiger partial charge in [-0.25, -0.2) is 4.98 Å². The standard InChI is InChI=1S/C15H13N/c1-10-4-6-14-13(7-10)9-12-5-3-11(2)8-15(12)16-14/h3-9H,1-2H3. The van der Waals surface area contributed by atoms with Crippen LogP contribution in [-0.2, 0) is 0 Å². The van der Waals surface area contributed by atoms with Gasteiger partial charge in [0.25, 0.3) is 0 Å². The molecule has 0 saturated carbocycles. The number of hydrogen-bond acceptors (Lipinski definition) is 1. The van der Waals surface area contributed by atoms with Crippen LogP contribution in [0.2, 0.25) is 0 Å². The lowest BCUT2D eigenvalue weighted by Crippen LogP contribution is -1.84. The summed E-state index contributed by atoms with van der Waals surface area (Å²) in [4.78, 5) is 4.68. The van der Waals surface area contributed by atoms with Crippen molar-refractivity contribution >= 4 is 21.8 Å². The van der Waals surface area contributed by atoms with Crippen molar-refractivity contribution in [2.45, 2.75) is 13.8 Å². The molecule has 0 atom stereocenters. The predicted octanol–water partition coefficient (Wildman–Crippen LogP) is 4.00. The maximum atomic E-state index is 4.68. The maximum absolute atomic E-state index is 4.68. The van der Waals surface area contributed by atoms with E-state index in [9.17, 15) is 0 Å². The summed E-state index contributed by atoms with van der Waals surface area (Å²) in [5.41, 5.74) is 4.69. The molecular formula is C15H13N. The van der Waals surface area contributed by atoms with Crippen LogP contribution < -0.4 is 0 Å². The van der Waals surface area contributed by atoms with E-state index in [0.717, 1.165) is 11.0 Å². The van der Waals surface area contributed by atoms with Gasteiger partial charge in [0.1, 0.15) is 0 Å². The summed E-state index contributed by atoms with van der Waals surface area (Å²) >= 11 is 0. The number of aromatic nitrogens is 1. The zero-order valence-corrected chi connectivity index (χ0v) is 9.49. The van der Waals surface area contributed by atoms with Crippen LogP contribution in [0.1, 0.15) is 11.1 Å². The molecule has 3 aromatic rings. The van der Waals surface area contributed by atoms with Gasteiger partial charge < -0.3 is 0 Å². The van der Waals surface area contributed by atoms with Crippen LogP contribution in [0, 0.1) is 13.8 Å². The van der Waals surface area contributed by atoms with Crippen LogP contribution in [-0.4, -0.2) is 4.98 Å². The van der Waals surface area contributed by atoms with Crippen molar-refractivity contribution in [1.82, 2.24) is 4.98 Å². The van der Waals surface area contributed by atoms with Crippen LogP contribution in [0.4, 0.5) is 0 Å². The number of fused-ring (bicyclic) bond motifs is 2. The Labute approximate surface area is 94.7 Å². The van der Waals surface area contributed by atoms with Crippen LogP contribution >= 0.6 is 0 Å². The molecule has 78 valence electrons. The number of pyridine rings is 1. The molecule has 1 heterocycles. The second-order valence-electron chi connectivity index (χ2n) is 4.38. The van der Waals surface area contributed by atoms with Crippen molar-refractivity contribution in [3.05, 3.63) is 53.6 Å². The van der Waals surface area contributed by atoms with E-state index in [-0.39, 0.29) is 0 Å². The van der Waals surface area contributed by atoms with Gasteiger partial charge >= 0.3 is 0 Å². The summed E-state index contributed by atoms with van der Waals surface area (Å²) in [5.74, 6) is 0. The van der Waals surface area contributed by atoms with Crippen molar-refractivity contribution in [3.63, 3.8) is 0 Å². The Bertz CT molecular complexity index is 622. The lowest BCUT2D eigenvalue weighted by Gasteiger charge is -2.03. The normalized spacial score (nSPS) is 11.1. The molecule has 0 radical (unpaired) electrons. The lowest BCUT2D eigenvalue weighted by molar-refractivity contribution is 1.43. The summed E-state index contributed by atoms with van der Waals surface area (Å²) in [5, 5.41) is 2.43. The Balaban J connectivity index is 2.44. The molecule has 0 aliphatic rings. The van der Waals surface area contributed by atoms with Crippen molar-refractivity contribution < 1.29 is 0 Å². The summed E-state index contributed by atoms with van der Waals surface area (Å²) in [7, 11) is 0. The number of hydrogen-bond donors (Lipinski definition) is 0. The Hall–Kier alpha value is -1.89. The first-order valence-corrected chi connectivity index (χ1v) is 5.50. The smallest absolute Gasteiger partial charge is 0.0712 e. The van der Waals surface area contributed by atoms with E-state index >= 15 is 0 Å². The third-order valence-electron chi connectivity index (χ3n) is 2.92. The van der Waals surface area contributed by atoms with Gasteiger partial charge in [0.05, 0.1) is 11.0 Å². The van der Waals surface area contributed by atoms with Gasteiger partial charge in [-0.15, -0.1) is 0 Å². The Morgan fingerprint density at radius 1 is 0.688 bits per heavy atom. The Morgan fingerprint density at radius 2 is 1.44 bits per heavy atom. The molecule has 0 spiro atoms. The SMILES string of the molecule is Cc1ccc2nc3cc(C)ccc3cc2c1. The first kappa shape index (κ1) is 9.34. The van der Waals surface area contributed by atoms with Gasteiger partial charge in [-0.2, -0.15) is 0 Å². The predicted molar refractivity (Wildman–Crippen MR) is 68.7 cm³/mol. The molecule has 0 amide bonds. The number of nitrogens with zero attached hydrogens (tertiary/aromatic N) is 1. The highest BCUT2D eigenvalue weighted by Crippen LogP contribution is 2.21. The first-order valence-electron chi connectivity index (χ1n) is 5.50. The average Bonchev–Trinajstić information content (AvgIpc) is 2.26. The molecule has 1 nitrogen and oxygen atoms in total. The lowest BCUT2D eigenvalue weighted by atomic mass is 10.1. The fraction of sp³-hybridized carbons (Fsp3) is 0.133. The highest BCUT2D eigenvalue weighted by molar-refractivity contribution is 5.93. The molecule has 0 unspecified atom stereocenters. The first-order chi connectivity index (χ1) is 7.72. The minimum atomic E-state index is 1.07. The van der Waals surface area contributed by atoms with Crippen LogP contribution in [0.15, 0.2) is 42.5 Å². The van der Waals surface area contributed by atoms with E-state index in [4.69, 9.17) is 0 Å². The zero-order valence-electron chi connectivity index (χ0n) is 9.49. The topological polar surface area (TPSA) is 12.9 Å². The van der Waals surface area contributed by atoms with Gasteiger partial charge in [-0.3, -0.25) is 0 Å². The van der Waals surface area contributed by atoms with Gasteiger partial charge in [-0.1, -0.05) is 23.8 Å². The quantitative estimate of drug-likeness (QED) is 0.508. The largest absolute Gasteiger partial charge is 0.248 e. The summed E-state index contributed by atoms with van der Waals surface area (Å²) in [6, 6.07) is 15.0. The maximum Gasteiger partial charge on any atom is 0.0712 e. The van der Waals surface area contributed by atoms with Crippen molar-refractivity contribution in [1.29, 1.82) is 0 Å².